The van der Waals surface area contributed by atoms with Crippen LogP contribution in [0.2, 0.25) is 0 Å². The summed E-state index contributed by atoms with van der Waals surface area (Å²) in [7, 11) is -4.26. The molecule has 1 amide bonds. The zero-order valence-corrected chi connectivity index (χ0v) is 22.6. The van der Waals surface area contributed by atoms with E-state index in [1.165, 1.54) is 83.5 Å². The van der Waals surface area contributed by atoms with Crippen LogP contribution in [0.3, 0.4) is 0 Å². The lowest BCUT2D eigenvalue weighted by atomic mass is 10.0. The number of hydrogen-bond acceptors (Lipinski definition) is 6. The molecule has 0 aromatic heterocycles. The molecule has 1 atom stereocenters. The lowest BCUT2D eigenvalue weighted by molar-refractivity contribution is -0.225. The van der Waals surface area contributed by atoms with Gasteiger partial charge in [0.2, 0.25) is 0 Å². The summed E-state index contributed by atoms with van der Waals surface area (Å²) in [6.45, 7) is 2.92. The standard InChI is InChI=1S/C23H47BrNO6P/c1-2-3-4-5-6-7-8-9-10-11-12-13-14-15-16-19-25-23(26)29-20-17-21-30-32(27,28)31-22-18-24/h2-22H2,1H3,(H,25,26)(H,27,28)/p-1. The monoisotopic (exact) mass is 542 g/mol. The molecule has 7 nitrogen and oxygen atoms in total. The molecule has 32 heavy (non-hydrogen) atoms. The number of phosphoric ester groups is 1. The SMILES string of the molecule is CCCCCCCCCCCCCCCCCNC(=O)OCCCOP(=O)([O-])OCCBr. The van der Waals surface area contributed by atoms with Gasteiger partial charge in [0.15, 0.2) is 0 Å². The van der Waals surface area contributed by atoms with Gasteiger partial charge < -0.3 is 24.0 Å². The second-order valence-electron chi connectivity index (χ2n) is 8.17. The molecule has 1 N–H and O–H groups in total. The first-order valence-electron chi connectivity index (χ1n) is 12.6. The van der Waals surface area contributed by atoms with Crippen molar-refractivity contribution in [2.45, 2.75) is 110 Å². The number of ether oxygens (including phenoxy) is 1. The van der Waals surface area contributed by atoms with Crippen molar-refractivity contribution in [2.75, 3.05) is 31.7 Å². The Labute approximate surface area is 204 Å². The van der Waals surface area contributed by atoms with Crippen molar-refractivity contribution in [1.82, 2.24) is 5.32 Å². The highest BCUT2D eigenvalue weighted by molar-refractivity contribution is 9.09. The second kappa shape index (κ2) is 24.0. The molecular weight excluding hydrogens is 497 g/mol. The van der Waals surface area contributed by atoms with E-state index in [-0.39, 0.29) is 26.2 Å². The molecule has 1 unspecified atom stereocenters. The number of alkyl carbamates (subject to hydrolysis) is 1. The van der Waals surface area contributed by atoms with E-state index in [1.807, 2.05) is 0 Å². The number of amides is 1. The molecule has 0 rings (SSSR count). The molecule has 9 heteroatoms. The fourth-order valence-electron chi connectivity index (χ4n) is 3.32. The number of hydrogen-bond donors (Lipinski definition) is 1. The molecule has 0 aromatic carbocycles. The maximum absolute atomic E-state index is 11.6. The van der Waals surface area contributed by atoms with Gasteiger partial charge in [-0.3, -0.25) is 4.57 Å². The van der Waals surface area contributed by atoms with Crippen LogP contribution >= 0.6 is 23.8 Å². The van der Waals surface area contributed by atoms with E-state index >= 15 is 0 Å². The maximum Gasteiger partial charge on any atom is 0.407 e. The Morgan fingerprint density at radius 1 is 0.750 bits per heavy atom. The third kappa shape index (κ3) is 24.5. The number of rotatable bonds is 24. The van der Waals surface area contributed by atoms with Gasteiger partial charge in [0.05, 0.1) is 19.8 Å². The number of phosphoric acid groups is 1. The van der Waals surface area contributed by atoms with Gasteiger partial charge in [-0.2, -0.15) is 0 Å². The van der Waals surface area contributed by atoms with Gasteiger partial charge in [0.25, 0.3) is 7.82 Å². The van der Waals surface area contributed by atoms with Crippen LogP contribution in [0.1, 0.15) is 110 Å². The van der Waals surface area contributed by atoms with Crippen LogP contribution in [0.4, 0.5) is 4.79 Å². The van der Waals surface area contributed by atoms with E-state index in [9.17, 15) is 14.3 Å². The molecule has 0 saturated heterocycles. The highest BCUT2D eigenvalue weighted by Gasteiger charge is 2.08. The Morgan fingerprint density at radius 2 is 1.22 bits per heavy atom. The Balaban J connectivity index is 3.27. The number of carbonyl (C=O) groups excluding carboxylic acids is 1. The largest absolute Gasteiger partial charge is 0.756 e. The van der Waals surface area contributed by atoms with Crippen LogP contribution < -0.4 is 10.2 Å². The van der Waals surface area contributed by atoms with Crippen LogP contribution in [0.15, 0.2) is 0 Å². The summed E-state index contributed by atoms with van der Waals surface area (Å²) < 4.78 is 25.5. The molecule has 0 heterocycles. The van der Waals surface area contributed by atoms with Crippen molar-refractivity contribution in [3.8, 4) is 0 Å². The van der Waals surface area contributed by atoms with Crippen molar-refractivity contribution in [3.05, 3.63) is 0 Å². The van der Waals surface area contributed by atoms with Crippen LogP contribution in [-0.2, 0) is 18.3 Å². The second-order valence-corrected chi connectivity index (χ2v) is 10.4. The first-order chi connectivity index (χ1) is 15.5. The van der Waals surface area contributed by atoms with Gasteiger partial charge in [-0.1, -0.05) is 113 Å². The van der Waals surface area contributed by atoms with Gasteiger partial charge in [0, 0.05) is 18.3 Å². The van der Waals surface area contributed by atoms with Crippen molar-refractivity contribution in [3.63, 3.8) is 0 Å². The van der Waals surface area contributed by atoms with Crippen molar-refractivity contribution < 1.29 is 28.0 Å². The number of carbonyl (C=O) groups is 1. The highest BCUT2D eigenvalue weighted by atomic mass is 79.9. The summed E-state index contributed by atoms with van der Waals surface area (Å²) in [4.78, 5) is 22.9. The van der Waals surface area contributed by atoms with E-state index in [1.54, 1.807) is 0 Å². The fourth-order valence-corrected chi connectivity index (χ4v) is 4.48. The lowest BCUT2D eigenvalue weighted by Gasteiger charge is -2.21. The molecule has 0 saturated carbocycles. The Hall–Kier alpha value is -0.140. The van der Waals surface area contributed by atoms with E-state index in [0.29, 0.717) is 11.9 Å². The van der Waals surface area contributed by atoms with Gasteiger partial charge in [0.1, 0.15) is 0 Å². The molecule has 0 aromatic rings. The van der Waals surface area contributed by atoms with Gasteiger partial charge in [-0.15, -0.1) is 0 Å². The van der Waals surface area contributed by atoms with E-state index in [0.717, 1.165) is 12.8 Å². The molecule has 0 fully saturated rings. The summed E-state index contributed by atoms with van der Waals surface area (Å²) in [6, 6.07) is 0. The summed E-state index contributed by atoms with van der Waals surface area (Å²) in [5, 5.41) is 3.12. The molecule has 0 spiro atoms. The fraction of sp³-hybridized carbons (Fsp3) is 0.957. The number of nitrogens with one attached hydrogen (secondary N) is 1. The molecule has 0 bridgehead atoms. The number of alkyl halides is 1. The number of unbranched alkanes of at least 4 members (excludes halogenated alkanes) is 14. The van der Waals surface area contributed by atoms with Crippen molar-refractivity contribution in [1.29, 1.82) is 0 Å². The predicted octanol–water partition coefficient (Wildman–Crippen LogP) is 6.87. The summed E-state index contributed by atoms with van der Waals surface area (Å²) in [6.07, 6.45) is 19.5. The summed E-state index contributed by atoms with van der Waals surface area (Å²) >= 11 is 3.07. The minimum atomic E-state index is -4.26. The first kappa shape index (κ1) is 31.9. The smallest absolute Gasteiger partial charge is 0.407 e. The Kier molecular flexibility index (Phi) is 23.9. The topological polar surface area (TPSA) is 96.9 Å². The van der Waals surface area contributed by atoms with E-state index in [4.69, 9.17) is 4.74 Å². The van der Waals surface area contributed by atoms with Gasteiger partial charge >= 0.3 is 6.09 Å². The van der Waals surface area contributed by atoms with E-state index < -0.39 is 13.9 Å². The van der Waals surface area contributed by atoms with Crippen molar-refractivity contribution >= 4 is 29.8 Å². The highest BCUT2D eigenvalue weighted by Crippen LogP contribution is 2.38. The quantitative estimate of drug-likeness (QED) is 0.0811. The third-order valence-electron chi connectivity index (χ3n) is 5.15. The Morgan fingerprint density at radius 3 is 1.72 bits per heavy atom. The van der Waals surface area contributed by atoms with E-state index in [2.05, 4.69) is 37.2 Å². The summed E-state index contributed by atoms with van der Waals surface area (Å²) in [5.41, 5.74) is 0. The molecule has 0 aliphatic rings. The third-order valence-corrected chi connectivity index (χ3v) is 6.47. The van der Waals surface area contributed by atoms with Gasteiger partial charge in [-0.05, 0) is 6.42 Å². The van der Waals surface area contributed by atoms with Crippen LogP contribution in [0.25, 0.3) is 0 Å². The van der Waals surface area contributed by atoms with Gasteiger partial charge in [-0.25, -0.2) is 4.79 Å². The average Bonchev–Trinajstić information content (AvgIpc) is 2.77. The zero-order valence-electron chi connectivity index (χ0n) is 20.1. The predicted molar refractivity (Wildman–Crippen MR) is 132 cm³/mol. The minimum Gasteiger partial charge on any atom is -0.756 e. The van der Waals surface area contributed by atoms with Crippen LogP contribution in [0.5, 0.6) is 0 Å². The first-order valence-corrected chi connectivity index (χ1v) is 15.2. The normalized spacial score (nSPS) is 13.1. The molecule has 0 aliphatic carbocycles. The lowest BCUT2D eigenvalue weighted by Crippen LogP contribution is -2.26. The minimum absolute atomic E-state index is 0.0268. The Bertz CT molecular complexity index is 470. The molecular formula is C23H46BrNO6P-. The number of halogens is 1. The molecule has 192 valence electrons. The van der Waals surface area contributed by atoms with Crippen LogP contribution in [-0.4, -0.2) is 37.8 Å². The zero-order chi connectivity index (χ0) is 23.8. The molecule has 0 radical (unpaired) electrons. The summed E-state index contributed by atoms with van der Waals surface area (Å²) in [5.74, 6) is 0. The average molecular weight is 544 g/mol. The van der Waals surface area contributed by atoms with Crippen molar-refractivity contribution in [2.24, 2.45) is 0 Å². The maximum atomic E-state index is 11.6. The van der Waals surface area contributed by atoms with Crippen LogP contribution in [0, 0.1) is 0 Å². The molecule has 0 aliphatic heterocycles.